The lowest BCUT2D eigenvalue weighted by molar-refractivity contribution is -0.131. The number of rotatable bonds is 5. The third-order valence-corrected chi connectivity index (χ3v) is 2.84. The molecule has 7 heteroatoms. The maximum atomic E-state index is 12.1. The van der Waals surface area contributed by atoms with E-state index in [-0.39, 0.29) is 11.9 Å². The van der Waals surface area contributed by atoms with Crippen molar-refractivity contribution in [2.75, 3.05) is 24.1 Å². The molecule has 6 nitrogen and oxygen atoms in total. The van der Waals surface area contributed by atoms with Crippen molar-refractivity contribution in [1.29, 1.82) is 0 Å². The second kappa shape index (κ2) is 6.39. The number of halogens is 1. The van der Waals surface area contributed by atoms with Gasteiger partial charge in [-0.25, -0.2) is 4.98 Å². The lowest BCUT2D eigenvalue weighted by Crippen LogP contribution is -2.41. The lowest BCUT2D eigenvalue weighted by atomic mass is 10.2. The Bertz CT molecular complexity index is 422. The molecule has 18 heavy (non-hydrogen) atoms. The molecular weight excluding hydrogens is 254 g/mol. The zero-order valence-electron chi connectivity index (χ0n) is 10.8. The first-order valence-corrected chi connectivity index (χ1v) is 6.20. The van der Waals surface area contributed by atoms with Crippen molar-refractivity contribution in [3.05, 3.63) is 11.2 Å². The van der Waals surface area contributed by atoms with E-state index in [0.29, 0.717) is 23.9 Å². The Balaban J connectivity index is 2.77. The highest BCUT2D eigenvalue weighted by molar-refractivity contribution is 6.32. The third kappa shape index (κ3) is 3.46. The fraction of sp³-hybridized carbons (Fsp3) is 0.545. The number of likely N-dealkylation sites (N-methyl/N-ethyl adjacent to an activating group) is 1. The van der Waals surface area contributed by atoms with Crippen LogP contribution in [0.1, 0.15) is 20.8 Å². The van der Waals surface area contributed by atoms with Gasteiger partial charge in [0.15, 0.2) is 5.82 Å². The molecule has 1 rings (SSSR count). The number of aromatic nitrogens is 2. The van der Waals surface area contributed by atoms with Gasteiger partial charge in [0.05, 0.1) is 6.20 Å². The van der Waals surface area contributed by atoms with Gasteiger partial charge in [-0.05, 0) is 20.8 Å². The van der Waals surface area contributed by atoms with Gasteiger partial charge in [-0.2, -0.15) is 4.98 Å². The molecular formula is C11H18ClN5O. The van der Waals surface area contributed by atoms with Gasteiger partial charge in [-0.1, -0.05) is 11.6 Å². The normalized spacial score (nSPS) is 12.0. The highest BCUT2D eigenvalue weighted by atomic mass is 35.5. The average Bonchev–Trinajstić information content (AvgIpc) is 2.35. The highest BCUT2D eigenvalue weighted by Gasteiger charge is 2.19. The van der Waals surface area contributed by atoms with E-state index in [0.717, 1.165) is 0 Å². The Hall–Kier alpha value is -1.56. The number of carbonyl (C=O) groups excluding carboxylic acids is 1. The molecule has 0 radical (unpaired) electrons. The Morgan fingerprint density at radius 2 is 2.17 bits per heavy atom. The van der Waals surface area contributed by atoms with Crippen LogP contribution in [0.4, 0.5) is 11.8 Å². The molecule has 1 aromatic heterocycles. The first kappa shape index (κ1) is 14.5. The smallest absolute Gasteiger partial charge is 0.244 e. The molecule has 3 N–H and O–H groups in total. The summed E-state index contributed by atoms with van der Waals surface area (Å²) in [4.78, 5) is 21.5. The molecule has 1 heterocycles. The largest absolute Gasteiger partial charge is 0.368 e. The summed E-state index contributed by atoms with van der Waals surface area (Å²) in [6, 6.07) is -0.420. The molecule has 0 aliphatic rings. The summed E-state index contributed by atoms with van der Waals surface area (Å²) in [5.74, 6) is 0.481. The molecule has 0 aliphatic carbocycles. The molecule has 100 valence electrons. The molecule has 1 amide bonds. The van der Waals surface area contributed by atoms with E-state index in [1.54, 1.807) is 11.8 Å². The molecule has 0 saturated heterocycles. The summed E-state index contributed by atoms with van der Waals surface area (Å²) < 4.78 is 0. The van der Waals surface area contributed by atoms with Crippen molar-refractivity contribution < 1.29 is 4.79 Å². The lowest BCUT2D eigenvalue weighted by Gasteiger charge is -2.23. The van der Waals surface area contributed by atoms with Gasteiger partial charge in [-0.3, -0.25) is 4.79 Å². The zero-order chi connectivity index (χ0) is 13.7. The van der Waals surface area contributed by atoms with Crippen molar-refractivity contribution >= 4 is 29.3 Å². The van der Waals surface area contributed by atoms with Crippen LogP contribution < -0.4 is 11.1 Å². The average molecular weight is 272 g/mol. The van der Waals surface area contributed by atoms with Gasteiger partial charge < -0.3 is 16.0 Å². The second-order valence-electron chi connectivity index (χ2n) is 3.80. The van der Waals surface area contributed by atoms with Gasteiger partial charge in [0.25, 0.3) is 0 Å². The fourth-order valence-corrected chi connectivity index (χ4v) is 1.70. The van der Waals surface area contributed by atoms with Crippen molar-refractivity contribution in [3.63, 3.8) is 0 Å². The topological polar surface area (TPSA) is 84.1 Å². The Kier molecular flexibility index (Phi) is 5.15. The fourth-order valence-electron chi connectivity index (χ4n) is 1.56. The summed E-state index contributed by atoms with van der Waals surface area (Å²) in [5, 5.41) is 3.28. The van der Waals surface area contributed by atoms with E-state index < -0.39 is 6.04 Å². The Morgan fingerprint density at radius 3 is 2.72 bits per heavy atom. The molecule has 0 saturated carbocycles. The number of nitrogen functional groups attached to an aromatic ring is 1. The van der Waals surface area contributed by atoms with Crippen LogP contribution >= 0.6 is 11.6 Å². The number of nitrogens with two attached hydrogens (primary N) is 1. The molecule has 1 atom stereocenters. The van der Waals surface area contributed by atoms with E-state index >= 15 is 0 Å². The van der Waals surface area contributed by atoms with E-state index in [4.69, 9.17) is 17.3 Å². The Morgan fingerprint density at radius 1 is 1.56 bits per heavy atom. The number of amides is 1. The van der Waals surface area contributed by atoms with Gasteiger partial charge >= 0.3 is 0 Å². The number of nitrogens with zero attached hydrogens (tertiary/aromatic N) is 3. The number of anilines is 2. The standard InChI is InChI=1S/C11H18ClN5O/c1-4-17(5-2)10(18)7(3)15-9-8(12)6-14-11(13)16-9/h6-7H,4-5H2,1-3H3,(H3,13,14,15,16). The maximum Gasteiger partial charge on any atom is 0.244 e. The maximum absolute atomic E-state index is 12.1. The molecule has 0 aliphatic heterocycles. The summed E-state index contributed by atoms with van der Waals surface area (Å²) >= 11 is 5.92. The van der Waals surface area contributed by atoms with Crippen molar-refractivity contribution in [2.45, 2.75) is 26.8 Å². The molecule has 0 spiro atoms. The predicted molar refractivity (Wildman–Crippen MR) is 72.5 cm³/mol. The van der Waals surface area contributed by atoms with Crippen LogP contribution in [0.25, 0.3) is 0 Å². The van der Waals surface area contributed by atoms with E-state index in [9.17, 15) is 4.79 Å². The van der Waals surface area contributed by atoms with Crippen LogP contribution in [0.3, 0.4) is 0 Å². The van der Waals surface area contributed by atoms with Crippen molar-refractivity contribution in [1.82, 2.24) is 14.9 Å². The van der Waals surface area contributed by atoms with Crippen LogP contribution in [-0.4, -0.2) is 39.9 Å². The van der Waals surface area contributed by atoms with E-state index in [2.05, 4.69) is 15.3 Å². The van der Waals surface area contributed by atoms with Crippen molar-refractivity contribution in [2.24, 2.45) is 0 Å². The molecule has 0 aromatic carbocycles. The SMILES string of the molecule is CCN(CC)C(=O)C(C)Nc1nc(N)ncc1Cl. The molecule has 1 aromatic rings. The van der Waals surface area contributed by atoms with Crippen LogP contribution in [0.2, 0.25) is 5.02 Å². The van der Waals surface area contributed by atoms with E-state index in [1.165, 1.54) is 6.20 Å². The molecule has 0 fully saturated rings. The minimum atomic E-state index is -0.420. The third-order valence-electron chi connectivity index (χ3n) is 2.56. The molecule has 0 bridgehead atoms. The molecule has 1 unspecified atom stereocenters. The van der Waals surface area contributed by atoms with Gasteiger partial charge in [0.2, 0.25) is 11.9 Å². The number of nitrogens with one attached hydrogen (secondary N) is 1. The van der Waals surface area contributed by atoms with Gasteiger partial charge in [0, 0.05) is 13.1 Å². The summed E-state index contributed by atoms with van der Waals surface area (Å²) in [6.45, 7) is 6.96. The van der Waals surface area contributed by atoms with Crippen molar-refractivity contribution in [3.8, 4) is 0 Å². The number of hydrogen-bond donors (Lipinski definition) is 2. The van der Waals surface area contributed by atoms with Crippen LogP contribution in [0.5, 0.6) is 0 Å². The van der Waals surface area contributed by atoms with Gasteiger partial charge in [-0.15, -0.1) is 0 Å². The first-order chi connectivity index (χ1) is 8.49. The minimum Gasteiger partial charge on any atom is -0.368 e. The quantitative estimate of drug-likeness (QED) is 0.845. The zero-order valence-corrected chi connectivity index (χ0v) is 11.5. The summed E-state index contributed by atoms with van der Waals surface area (Å²) in [6.07, 6.45) is 1.40. The van der Waals surface area contributed by atoms with Crippen LogP contribution in [-0.2, 0) is 4.79 Å². The monoisotopic (exact) mass is 271 g/mol. The summed E-state index contributed by atoms with van der Waals surface area (Å²) in [7, 11) is 0. The van der Waals surface area contributed by atoms with Gasteiger partial charge in [0.1, 0.15) is 11.1 Å². The number of hydrogen-bond acceptors (Lipinski definition) is 5. The second-order valence-corrected chi connectivity index (χ2v) is 4.21. The summed E-state index contributed by atoms with van der Waals surface area (Å²) in [5.41, 5.74) is 5.48. The first-order valence-electron chi connectivity index (χ1n) is 5.82. The number of carbonyl (C=O) groups is 1. The predicted octanol–water partition coefficient (Wildman–Crippen LogP) is 1.38. The van der Waals surface area contributed by atoms with E-state index in [1.807, 2.05) is 13.8 Å². The highest BCUT2D eigenvalue weighted by Crippen LogP contribution is 2.19. The van der Waals surface area contributed by atoms with Crippen LogP contribution in [0, 0.1) is 0 Å². The minimum absolute atomic E-state index is 0.00625. The Labute approximate surface area is 112 Å². The van der Waals surface area contributed by atoms with Crippen LogP contribution in [0.15, 0.2) is 6.20 Å².